The second-order valence-electron chi connectivity index (χ2n) is 5.13. The predicted octanol–water partition coefficient (Wildman–Crippen LogP) is 0.648. The summed E-state index contributed by atoms with van der Waals surface area (Å²) in [7, 11) is 3.39. The van der Waals surface area contributed by atoms with Gasteiger partial charge in [-0.05, 0) is 25.7 Å². The number of carbonyl (C=O) groups is 2. The van der Waals surface area contributed by atoms with E-state index in [1.807, 2.05) is 4.90 Å². The van der Waals surface area contributed by atoms with Crippen molar-refractivity contribution in [2.75, 3.05) is 20.6 Å². The lowest BCUT2D eigenvalue weighted by Gasteiger charge is -2.39. The molecule has 0 spiro atoms. The van der Waals surface area contributed by atoms with Gasteiger partial charge in [0, 0.05) is 20.6 Å². The summed E-state index contributed by atoms with van der Waals surface area (Å²) < 4.78 is 0. The summed E-state index contributed by atoms with van der Waals surface area (Å²) >= 11 is 0. The highest BCUT2D eigenvalue weighted by Crippen LogP contribution is 2.24. The van der Waals surface area contributed by atoms with Gasteiger partial charge in [0.1, 0.15) is 6.04 Å². The van der Waals surface area contributed by atoms with E-state index in [-0.39, 0.29) is 11.9 Å². The molecule has 5 heteroatoms. The molecule has 98 valence electrons. The third kappa shape index (κ3) is 3.19. The van der Waals surface area contributed by atoms with Crippen molar-refractivity contribution >= 4 is 11.9 Å². The van der Waals surface area contributed by atoms with Crippen molar-refractivity contribution in [3.8, 4) is 0 Å². The van der Waals surface area contributed by atoms with Crippen molar-refractivity contribution < 1.29 is 14.7 Å². The van der Waals surface area contributed by atoms with Crippen LogP contribution in [-0.4, -0.2) is 59.5 Å². The van der Waals surface area contributed by atoms with Crippen molar-refractivity contribution in [2.24, 2.45) is 5.92 Å². The molecule has 0 aliphatic carbocycles. The van der Waals surface area contributed by atoms with E-state index in [1.54, 1.807) is 21.0 Å². The van der Waals surface area contributed by atoms with E-state index >= 15 is 0 Å². The number of nitrogens with zero attached hydrogens (tertiary/aromatic N) is 2. The number of aliphatic carboxylic acids is 1. The van der Waals surface area contributed by atoms with Crippen LogP contribution in [0.1, 0.15) is 26.7 Å². The lowest BCUT2D eigenvalue weighted by atomic mass is 9.91. The molecule has 1 amide bonds. The first-order valence-corrected chi connectivity index (χ1v) is 6.04. The van der Waals surface area contributed by atoms with Gasteiger partial charge in [-0.15, -0.1) is 0 Å². The first-order chi connectivity index (χ1) is 7.84. The molecule has 0 aromatic rings. The molecule has 1 saturated heterocycles. The number of hydrogen-bond donors (Lipinski definition) is 1. The molecule has 0 saturated carbocycles. The molecule has 3 unspecified atom stereocenters. The Bertz CT molecular complexity index is 304. The predicted molar refractivity (Wildman–Crippen MR) is 64.7 cm³/mol. The van der Waals surface area contributed by atoms with Crippen LogP contribution in [-0.2, 0) is 9.59 Å². The van der Waals surface area contributed by atoms with E-state index in [2.05, 4.69) is 6.92 Å². The molecule has 17 heavy (non-hydrogen) atoms. The maximum atomic E-state index is 11.9. The van der Waals surface area contributed by atoms with Gasteiger partial charge in [-0.1, -0.05) is 6.92 Å². The summed E-state index contributed by atoms with van der Waals surface area (Å²) in [5.74, 6) is -0.449. The fraction of sp³-hybridized carbons (Fsp3) is 0.833. The van der Waals surface area contributed by atoms with Gasteiger partial charge >= 0.3 is 5.97 Å². The van der Waals surface area contributed by atoms with Crippen LogP contribution in [0.4, 0.5) is 0 Å². The highest BCUT2D eigenvalue weighted by Gasteiger charge is 2.37. The van der Waals surface area contributed by atoms with Crippen molar-refractivity contribution in [2.45, 2.75) is 38.8 Å². The SMILES string of the molecule is CC1CCN(C(C)C(=O)N(C)C)C(C(=O)O)C1. The Morgan fingerprint density at radius 1 is 1.41 bits per heavy atom. The van der Waals surface area contributed by atoms with E-state index in [4.69, 9.17) is 0 Å². The van der Waals surface area contributed by atoms with Crippen LogP contribution in [0.5, 0.6) is 0 Å². The number of amides is 1. The highest BCUT2D eigenvalue weighted by molar-refractivity contribution is 5.82. The number of likely N-dealkylation sites (N-methyl/N-ethyl adjacent to an activating group) is 1. The molecule has 3 atom stereocenters. The van der Waals surface area contributed by atoms with E-state index in [0.29, 0.717) is 18.9 Å². The molecule has 1 fully saturated rings. The number of carbonyl (C=O) groups excluding carboxylic acids is 1. The van der Waals surface area contributed by atoms with Gasteiger partial charge in [-0.25, -0.2) is 0 Å². The Balaban J connectivity index is 2.79. The zero-order chi connectivity index (χ0) is 13.2. The Morgan fingerprint density at radius 3 is 2.47 bits per heavy atom. The van der Waals surface area contributed by atoms with Crippen LogP contribution >= 0.6 is 0 Å². The zero-order valence-electron chi connectivity index (χ0n) is 11.0. The summed E-state index contributed by atoms with van der Waals surface area (Å²) in [6.07, 6.45) is 1.58. The second-order valence-corrected chi connectivity index (χ2v) is 5.13. The molecule has 1 N–H and O–H groups in total. The number of carboxylic acid groups (broad SMARTS) is 1. The first kappa shape index (κ1) is 14.0. The maximum absolute atomic E-state index is 11.9. The maximum Gasteiger partial charge on any atom is 0.320 e. The monoisotopic (exact) mass is 242 g/mol. The molecule has 1 rings (SSSR count). The van der Waals surface area contributed by atoms with Crippen molar-refractivity contribution in [3.63, 3.8) is 0 Å². The van der Waals surface area contributed by atoms with Gasteiger partial charge in [0.25, 0.3) is 0 Å². The van der Waals surface area contributed by atoms with E-state index < -0.39 is 12.0 Å². The average molecular weight is 242 g/mol. The standard InChI is InChI=1S/C12H22N2O3/c1-8-5-6-14(10(7-8)12(16)17)9(2)11(15)13(3)4/h8-10H,5-7H2,1-4H3,(H,16,17). The van der Waals surface area contributed by atoms with Crippen LogP contribution in [0.3, 0.4) is 0 Å². The van der Waals surface area contributed by atoms with Crippen LogP contribution in [0.15, 0.2) is 0 Å². The smallest absolute Gasteiger partial charge is 0.320 e. The van der Waals surface area contributed by atoms with Crippen LogP contribution in [0.25, 0.3) is 0 Å². The van der Waals surface area contributed by atoms with E-state index in [9.17, 15) is 14.7 Å². The highest BCUT2D eigenvalue weighted by atomic mass is 16.4. The molecule has 1 heterocycles. The molecule has 0 aromatic carbocycles. The Hall–Kier alpha value is -1.10. The quantitative estimate of drug-likeness (QED) is 0.789. The lowest BCUT2D eigenvalue weighted by Crippen LogP contribution is -2.55. The average Bonchev–Trinajstić information content (AvgIpc) is 2.26. The molecule has 1 aliphatic rings. The third-order valence-electron chi connectivity index (χ3n) is 3.49. The molecule has 1 aliphatic heterocycles. The molecule has 0 aromatic heterocycles. The minimum absolute atomic E-state index is 0.0363. The third-order valence-corrected chi connectivity index (χ3v) is 3.49. The Morgan fingerprint density at radius 2 is 2.00 bits per heavy atom. The summed E-state index contributed by atoms with van der Waals surface area (Å²) in [5.41, 5.74) is 0. The van der Waals surface area contributed by atoms with Crippen molar-refractivity contribution in [1.82, 2.24) is 9.80 Å². The number of carboxylic acids is 1. The van der Waals surface area contributed by atoms with Crippen molar-refractivity contribution in [1.29, 1.82) is 0 Å². The van der Waals surface area contributed by atoms with Gasteiger partial charge in [0.2, 0.25) is 5.91 Å². The largest absolute Gasteiger partial charge is 0.480 e. The summed E-state index contributed by atoms with van der Waals surface area (Å²) in [5, 5.41) is 9.23. The lowest BCUT2D eigenvalue weighted by molar-refractivity contribution is -0.149. The normalized spacial score (nSPS) is 27.5. The Labute approximate surface area is 102 Å². The fourth-order valence-electron chi connectivity index (χ4n) is 2.38. The fourth-order valence-corrected chi connectivity index (χ4v) is 2.38. The number of hydrogen-bond acceptors (Lipinski definition) is 3. The van der Waals surface area contributed by atoms with Gasteiger partial charge < -0.3 is 10.0 Å². The van der Waals surface area contributed by atoms with Gasteiger partial charge in [0.15, 0.2) is 0 Å². The zero-order valence-corrected chi connectivity index (χ0v) is 11.0. The van der Waals surface area contributed by atoms with Gasteiger partial charge in [-0.2, -0.15) is 0 Å². The number of likely N-dealkylation sites (tertiary alicyclic amines) is 1. The van der Waals surface area contributed by atoms with Gasteiger partial charge in [0.05, 0.1) is 6.04 Å². The molecular weight excluding hydrogens is 220 g/mol. The molecule has 5 nitrogen and oxygen atoms in total. The summed E-state index contributed by atoms with van der Waals surface area (Å²) in [6, 6.07) is -0.892. The minimum atomic E-state index is -0.824. The summed E-state index contributed by atoms with van der Waals surface area (Å²) in [4.78, 5) is 26.4. The second kappa shape index (κ2) is 5.49. The minimum Gasteiger partial charge on any atom is -0.480 e. The van der Waals surface area contributed by atoms with Crippen LogP contribution in [0, 0.1) is 5.92 Å². The summed E-state index contributed by atoms with van der Waals surface area (Å²) in [6.45, 7) is 4.53. The van der Waals surface area contributed by atoms with Crippen molar-refractivity contribution in [3.05, 3.63) is 0 Å². The number of rotatable bonds is 3. The van der Waals surface area contributed by atoms with E-state index in [1.165, 1.54) is 4.90 Å². The topological polar surface area (TPSA) is 60.9 Å². The molecule has 0 radical (unpaired) electrons. The van der Waals surface area contributed by atoms with Crippen LogP contribution < -0.4 is 0 Å². The van der Waals surface area contributed by atoms with Crippen LogP contribution in [0.2, 0.25) is 0 Å². The molecular formula is C12H22N2O3. The van der Waals surface area contributed by atoms with E-state index in [0.717, 1.165) is 6.42 Å². The molecule has 0 bridgehead atoms. The Kier molecular flexibility index (Phi) is 4.51. The first-order valence-electron chi connectivity index (χ1n) is 6.04. The van der Waals surface area contributed by atoms with Gasteiger partial charge in [-0.3, -0.25) is 14.5 Å². The number of piperidine rings is 1.